The zero-order valence-electron chi connectivity index (χ0n) is 14.0. The fourth-order valence-corrected chi connectivity index (χ4v) is 3.61. The average Bonchev–Trinajstić information content (AvgIpc) is 3.12. The summed E-state index contributed by atoms with van der Waals surface area (Å²) >= 11 is 1.64. The van der Waals surface area contributed by atoms with Crippen LogP contribution in [0, 0.1) is 5.92 Å². The highest BCUT2D eigenvalue weighted by molar-refractivity contribution is 7.10. The van der Waals surface area contributed by atoms with Gasteiger partial charge in [-0.05, 0) is 29.5 Å². The smallest absolute Gasteiger partial charge is 0.252 e. The van der Waals surface area contributed by atoms with Crippen molar-refractivity contribution in [2.45, 2.75) is 19.9 Å². The van der Waals surface area contributed by atoms with Gasteiger partial charge in [-0.3, -0.25) is 4.79 Å². The molecule has 1 aromatic heterocycles. The maximum absolute atomic E-state index is 12.8. The van der Waals surface area contributed by atoms with Gasteiger partial charge in [0.05, 0.1) is 13.2 Å². The topological polar surface area (TPSA) is 56.8 Å². The highest BCUT2D eigenvalue weighted by Crippen LogP contribution is 2.40. The SMILES string of the molecule is COc1cc(C(=O)N[C@@H](c2cccs2)C(C)C)cc2c1OCCO2. The number of benzene rings is 1. The first-order chi connectivity index (χ1) is 11.6. The van der Waals surface area contributed by atoms with Crippen LogP contribution in [0.15, 0.2) is 29.6 Å². The Bertz CT molecular complexity index is 695. The van der Waals surface area contributed by atoms with E-state index in [0.717, 1.165) is 4.88 Å². The Kier molecular flexibility index (Phi) is 4.94. The molecule has 1 aliphatic heterocycles. The van der Waals surface area contributed by atoms with Crippen molar-refractivity contribution in [2.75, 3.05) is 20.3 Å². The van der Waals surface area contributed by atoms with E-state index in [2.05, 4.69) is 19.2 Å². The monoisotopic (exact) mass is 347 g/mol. The van der Waals surface area contributed by atoms with Crippen LogP contribution < -0.4 is 19.5 Å². The highest BCUT2D eigenvalue weighted by Gasteiger charge is 2.24. The maximum atomic E-state index is 12.8. The van der Waals surface area contributed by atoms with Crippen molar-refractivity contribution in [3.8, 4) is 17.2 Å². The molecule has 1 aliphatic rings. The number of amides is 1. The summed E-state index contributed by atoms with van der Waals surface area (Å²) in [6.07, 6.45) is 0. The molecule has 1 N–H and O–H groups in total. The zero-order chi connectivity index (χ0) is 17.1. The Balaban J connectivity index is 1.86. The summed E-state index contributed by atoms with van der Waals surface area (Å²) in [6.45, 7) is 5.12. The van der Waals surface area contributed by atoms with E-state index in [-0.39, 0.29) is 17.9 Å². The quantitative estimate of drug-likeness (QED) is 0.897. The molecule has 0 fully saturated rings. The predicted octanol–water partition coefficient (Wildman–Crippen LogP) is 3.66. The molecule has 1 atom stereocenters. The molecular formula is C18H21NO4S. The molecule has 3 rings (SSSR count). The number of methoxy groups -OCH3 is 1. The summed E-state index contributed by atoms with van der Waals surface area (Å²) in [5.74, 6) is 1.74. The fraction of sp³-hybridized carbons (Fsp3) is 0.389. The van der Waals surface area contributed by atoms with Crippen molar-refractivity contribution in [1.82, 2.24) is 5.32 Å². The van der Waals surface area contributed by atoms with Crippen LogP contribution in [0.25, 0.3) is 0 Å². The van der Waals surface area contributed by atoms with Gasteiger partial charge in [0.25, 0.3) is 5.91 Å². The van der Waals surface area contributed by atoms with Gasteiger partial charge in [-0.2, -0.15) is 0 Å². The molecule has 5 nitrogen and oxygen atoms in total. The lowest BCUT2D eigenvalue weighted by molar-refractivity contribution is 0.0924. The predicted molar refractivity (Wildman–Crippen MR) is 93.3 cm³/mol. The Hall–Kier alpha value is -2.21. The third kappa shape index (κ3) is 3.33. The van der Waals surface area contributed by atoms with Gasteiger partial charge in [-0.25, -0.2) is 0 Å². The van der Waals surface area contributed by atoms with Crippen LogP contribution >= 0.6 is 11.3 Å². The second-order valence-corrected chi connectivity index (χ2v) is 6.89. The van der Waals surface area contributed by atoms with Crippen molar-refractivity contribution >= 4 is 17.2 Å². The number of nitrogens with one attached hydrogen (secondary N) is 1. The van der Waals surface area contributed by atoms with E-state index in [9.17, 15) is 4.79 Å². The Labute approximate surface area is 145 Å². The van der Waals surface area contributed by atoms with Crippen molar-refractivity contribution < 1.29 is 19.0 Å². The van der Waals surface area contributed by atoms with Crippen LogP contribution in [0.3, 0.4) is 0 Å². The van der Waals surface area contributed by atoms with Crippen molar-refractivity contribution in [1.29, 1.82) is 0 Å². The van der Waals surface area contributed by atoms with Gasteiger partial charge in [0.2, 0.25) is 5.75 Å². The molecule has 0 saturated carbocycles. The molecule has 0 spiro atoms. The molecule has 2 heterocycles. The van der Waals surface area contributed by atoms with Gasteiger partial charge >= 0.3 is 0 Å². The maximum Gasteiger partial charge on any atom is 0.252 e. The molecule has 1 amide bonds. The van der Waals surface area contributed by atoms with Gasteiger partial charge in [-0.15, -0.1) is 11.3 Å². The number of carbonyl (C=O) groups is 1. The van der Waals surface area contributed by atoms with Crippen LogP contribution in [-0.2, 0) is 0 Å². The lowest BCUT2D eigenvalue weighted by atomic mass is 10.0. The number of rotatable bonds is 5. The number of fused-ring (bicyclic) bond motifs is 1. The zero-order valence-corrected chi connectivity index (χ0v) is 14.8. The number of thiophene rings is 1. The minimum atomic E-state index is -0.155. The summed E-state index contributed by atoms with van der Waals surface area (Å²) < 4.78 is 16.5. The minimum absolute atomic E-state index is 0.0308. The first kappa shape index (κ1) is 16.6. The lowest BCUT2D eigenvalue weighted by Gasteiger charge is -2.23. The molecule has 0 saturated heterocycles. The summed E-state index contributed by atoms with van der Waals surface area (Å²) in [6, 6.07) is 7.40. The normalized spacial score (nSPS) is 14.3. The van der Waals surface area contributed by atoms with Crippen molar-refractivity contribution in [3.63, 3.8) is 0 Å². The second-order valence-electron chi connectivity index (χ2n) is 5.91. The van der Waals surface area contributed by atoms with Crippen LogP contribution in [0.2, 0.25) is 0 Å². The van der Waals surface area contributed by atoms with E-state index in [1.165, 1.54) is 0 Å². The first-order valence-corrected chi connectivity index (χ1v) is 8.80. The Morgan fingerprint density at radius 3 is 2.75 bits per heavy atom. The molecule has 0 bridgehead atoms. The van der Waals surface area contributed by atoms with Gasteiger partial charge in [0.15, 0.2) is 11.5 Å². The number of ether oxygens (including phenoxy) is 3. The molecule has 1 aromatic carbocycles. The van der Waals surface area contributed by atoms with Gasteiger partial charge < -0.3 is 19.5 Å². The molecule has 2 aromatic rings. The first-order valence-electron chi connectivity index (χ1n) is 7.92. The molecule has 0 aliphatic carbocycles. The van der Waals surface area contributed by atoms with Gasteiger partial charge in [-0.1, -0.05) is 19.9 Å². The van der Waals surface area contributed by atoms with Crippen LogP contribution in [0.4, 0.5) is 0 Å². The molecule has 128 valence electrons. The van der Waals surface area contributed by atoms with E-state index < -0.39 is 0 Å². The molecule has 24 heavy (non-hydrogen) atoms. The third-order valence-corrected chi connectivity index (χ3v) is 4.85. The van der Waals surface area contributed by atoms with E-state index in [0.29, 0.717) is 36.0 Å². The van der Waals surface area contributed by atoms with Crippen LogP contribution in [0.1, 0.15) is 35.1 Å². The second kappa shape index (κ2) is 7.13. The van der Waals surface area contributed by atoms with Crippen LogP contribution in [-0.4, -0.2) is 26.2 Å². The van der Waals surface area contributed by atoms with E-state index >= 15 is 0 Å². The van der Waals surface area contributed by atoms with E-state index in [1.807, 2.05) is 17.5 Å². The molecular weight excluding hydrogens is 326 g/mol. The average molecular weight is 347 g/mol. The summed E-state index contributed by atoms with van der Waals surface area (Å²) in [4.78, 5) is 13.9. The summed E-state index contributed by atoms with van der Waals surface area (Å²) in [5, 5.41) is 5.13. The van der Waals surface area contributed by atoms with E-state index in [1.54, 1.807) is 30.6 Å². The van der Waals surface area contributed by atoms with Crippen molar-refractivity contribution in [2.24, 2.45) is 5.92 Å². The summed E-state index contributed by atoms with van der Waals surface area (Å²) in [7, 11) is 1.55. The number of hydrogen-bond acceptors (Lipinski definition) is 5. The van der Waals surface area contributed by atoms with E-state index in [4.69, 9.17) is 14.2 Å². The van der Waals surface area contributed by atoms with Gasteiger partial charge in [0.1, 0.15) is 13.2 Å². The Morgan fingerprint density at radius 1 is 1.29 bits per heavy atom. The minimum Gasteiger partial charge on any atom is -0.493 e. The highest BCUT2D eigenvalue weighted by atomic mass is 32.1. The van der Waals surface area contributed by atoms with Crippen molar-refractivity contribution in [3.05, 3.63) is 40.1 Å². The number of hydrogen-bond donors (Lipinski definition) is 1. The summed E-state index contributed by atoms with van der Waals surface area (Å²) in [5.41, 5.74) is 0.498. The molecule has 0 unspecified atom stereocenters. The standard InChI is InChI=1S/C18H21NO4S/c1-11(2)16(15-5-4-8-24-15)19-18(20)12-9-13(21-3)17-14(10-12)22-6-7-23-17/h4-5,8-11,16H,6-7H2,1-3H3,(H,19,20)/t16-/m1/s1. The third-order valence-electron chi connectivity index (χ3n) is 3.89. The fourth-order valence-electron chi connectivity index (χ4n) is 2.66. The Morgan fingerprint density at radius 2 is 2.08 bits per heavy atom. The number of carbonyl (C=O) groups excluding carboxylic acids is 1. The molecule has 0 radical (unpaired) electrons. The van der Waals surface area contributed by atoms with Gasteiger partial charge in [0, 0.05) is 10.4 Å². The lowest BCUT2D eigenvalue weighted by Crippen LogP contribution is -2.31. The molecule has 6 heteroatoms. The largest absolute Gasteiger partial charge is 0.493 e. The van der Waals surface area contributed by atoms with Crippen LogP contribution in [0.5, 0.6) is 17.2 Å².